The number of halogens is 5. The summed E-state index contributed by atoms with van der Waals surface area (Å²) in [6.45, 7) is 0. The fourth-order valence-corrected chi connectivity index (χ4v) is 3.74. The van der Waals surface area contributed by atoms with Crippen LogP contribution in [0.5, 0.6) is 5.75 Å². The van der Waals surface area contributed by atoms with E-state index in [2.05, 4.69) is 9.73 Å². The minimum atomic E-state index is -4.82. The molecule has 3 aromatic rings. The number of ether oxygens (including phenoxy) is 1. The molecule has 1 fully saturated rings. The van der Waals surface area contributed by atoms with E-state index in [0.29, 0.717) is 27.0 Å². The molecular weight excluding hydrogens is 464 g/mol. The summed E-state index contributed by atoms with van der Waals surface area (Å²) in [6, 6.07) is 18.3. The number of carbonyl (C=O) groups excluding carboxylic acids is 1. The van der Waals surface area contributed by atoms with Gasteiger partial charge in [-0.2, -0.15) is 0 Å². The van der Waals surface area contributed by atoms with Gasteiger partial charge in [0, 0.05) is 22.2 Å². The molecule has 1 atom stereocenters. The third kappa shape index (κ3) is 5.06. The van der Waals surface area contributed by atoms with Gasteiger partial charge < -0.3 is 4.74 Å². The first-order valence-corrected chi connectivity index (χ1v) is 10.2. The topological polar surface area (TPSA) is 41.9 Å². The van der Waals surface area contributed by atoms with Crippen molar-refractivity contribution in [2.75, 3.05) is 4.90 Å². The van der Waals surface area contributed by atoms with Crippen molar-refractivity contribution in [3.8, 4) is 5.75 Å². The van der Waals surface area contributed by atoms with Gasteiger partial charge in [-0.25, -0.2) is 4.99 Å². The quantitative estimate of drug-likeness (QED) is 0.399. The first-order valence-electron chi connectivity index (χ1n) is 9.47. The van der Waals surface area contributed by atoms with Gasteiger partial charge in [-0.3, -0.25) is 9.69 Å². The van der Waals surface area contributed by atoms with Gasteiger partial charge in [-0.15, -0.1) is 13.2 Å². The number of benzene rings is 3. The Morgan fingerprint density at radius 3 is 2.19 bits per heavy atom. The number of alkyl halides is 3. The predicted molar refractivity (Wildman–Crippen MR) is 118 cm³/mol. The van der Waals surface area contributed by atoms with E-state index in [-0.39, 0.29) is 23.8 Å². The molecule has 1 saturated heterocycles. The Hall–Kier alpha value is -3.03. The highest BCUT2D eigenvalue weighted by atomic mass is 35.5. The molecule has 32 heavy (non-hydrogen) atoms. The molecule has 0 N–H and O–H groups in total. The monoisotopic (exact) mass is 478 g/mol. The second kappa shape index (κ2) is 8.84. The van der Waals surface area contributed by atoms with Crippen molar-refractivity contribution in [3.63, 3.8) is 0 Å². The predicted octanol–water partition coefficient (Wildman–Crippen LogP) is 7.14. The molecule has 0 aromatic heterocycles. The standard InChI is InChI=1S/C23H15Cl2F3N2O2/c24-15-4-8-17(9-5-15)29-20-13-21(14-2-1-3-19(12-14)32-23(26,27)28)30(22(20)31)18-10-6-16(25)7-11-18/h1-12,21H,13H2. The van der Waals surface area contributed by atoms with E-state index in [1.165, 1.54) is 23.1 Å². The van der Waals surface area contributed by atoms with Gasteiger partial charge in [0.15, 0.2) is 0 Å². The molecule has 1 heterocycles. The third-order valence-electron chi connectivity index (χ3n) is 4.84. The van der Waals surface area contributed by atoms with Crippen LogP contribution in [0.15, 0.2) is 77.8 Å². The summed E-state index contributed by atoms with van der Waals surface area (Å²) in [5.41, 5.74) is 1.85. The normalized spacial score (nSPS) is 17.8. The lowest BCUT2D eigenvalue weighted by Crippen LogP contribution is -2.29. The Kier molecular flexibility index (Phi) is 6.13. The van der Waals surface area contributed by atoms with Crippen LogP contribution < -0.4 is 9.64 Å². The molecule has 4 rings (SSSR count). The molecule has 9 heteroatoms. The van der Waals surface area contributed by atoms with E-state index in [9.17, 15) is 18.0 Å². The molecule has 0 saturated carbocycles. The van der Waals surface area contributed by atoms with Crippen LogP contribution in [0.1, 0.15) is 18.0 Å². The highest BCUT2D eigenvalue weighted by Crippen LogP contribution is 2.38. The van der Waals surface area contributed by atoms with Gasteiger partial charge in [0.25, 0.3) is 5.91 Å². The van der Waals surface area contributed by atoms with Crippen molar-refractivity contribution in [1.29, 1.82) is 0 Å². The molecule has 0 aliphatic carbocycles. The minimum Gasteiger partial charge on any atom is -0.406 e. The molecule has 0 bridgehead atoms. The molecule has 1 aliphatic rings. The largest absolute Gasteiger partial charge is 0.573 e. The lowest BCUT2D eigenvalue weighted by molar-refractivity contribution is -0.274. The second-order valence-electron chi connectivity index (χ2n) is 7.03. The fourth-order valence-electron chi connectivity index (χ4n) is 3.49. The van der Waals surface area contributed by atoms with Crippen molar-refractivity contribution in [1.82, 2.24) is 0 Å². The number of aliphatic imine (C=N–C) groups is 1. The summed E-state index contributed by atoms with van der Waals surface area (Å²) in [5, 5.41) is 1.03. The summed E-state index contributed by atoms with van der Waals surface area (Å²) >= 11 is 11.9. The Morgan fingerprint density at radius 1 is 0.938 bits per heavy atom. The summed E-state index contributed by atoms with van der Waals surface area (Å²) in [6.07, 6.45) is -4.62. The van der Waals surface area contributed by atoms with Crippen LogP contribution >= 0.6 is 23.2 Å². The molecule has 1 aliphatic heterocycles. The van der Waals surface area contributed by atoms with Gasteiger partial charge in [0.2, 0.25) is 0 Å². The highest BCUT2D eigenvalue weighted by Gasteiger charge is 2.39. The minimum absolute atomic E-state index is 0.194. The lowest BCUT2D eigenvalue weighted by atomic mass is 10.0. The zero-order valence-electron chi connectivity index (χ0n) is 16.3. The van der Waals surface area contributed by atoms with E-state index in [1.807, 2.05) is 0 Å². The van der Waals surface area contributed by atoms with E-state index in [0.717, 1.165) is 0 Å². The Labute approximate surface area is 191 Å². The van der Waals surface area contributed by atoms with Crippen molar-refractivity contribution >= 4 is 46.2 Å². The first-order chi connectivity index (χ1) is 15.2. The van der Waals surface area contributed by atoms with E-state index in [4.69, 9.17) is 23.2 Å². The number of carbonyl (C=O) groups is 1. The zero-order chi connectivity index (χ0) is 22.9. The van der Waals surface area contributed by atoms with Crippen LogP contribution in [0.3, 0.4) is 0 Å². The van der Waals surface area contributed by atoms with Gasteiger partial charge >= 0.3 is 6.36 Å². The molecule has 164 valence electrons. The van der Waals surface area contributed by atoms with Gasteiger partial charge in [0.1, 0.15) is 11.5 Å². The van der Waals surface area contributed by atoms with Gasteiger partial charge in [0.05, 0.1) is 11.7 Å². The van der Waals surface area contributed by atoms with E-state index >= 15 is 0 Å². The van der Waals surface area contributed by atoms with Crippen molar-refractivity contribution < 1.29 is 22.7 Å². The third-order valence-corrected chi connectivity index (χ3v) is 5.34. The Bertz CT molecular complexity index is 1160. The van der Waals surface area contributed by atoms with Crippen LogP contribution in [0.2, 0.25) is 10.0 Å². The first kappa shape index (κ1) is 22.2. The average Bonchev–Trinajstić information content (AvgIpc) is 3.05. The highest BCUT2D eigenvalue weighted by molar-refractivity contribution is 6.46. The maximum absolute atomic E-state index is 13.3. The summed E-state index contributed by atoms with van der Waals surface area (Å²) in [5.74, 6) is -0.712. The number of anilines is 1. The number of hydrogen-bond acceptors (Lipinski definition) is 3. The van der Waals surface area contributed by atoms with Crippen LogP contribution in [0.4, 0.5) is 24.5 Å². The maximum atomic E-state index is 13.3. The van der Waals surface area contributed by atoms with E-state index < -0.39 is 12.4 Å². The van der Waals surface area contributed by atoms with Crippen molar-refractivity contribution in [3.05, 3.63) is 88.4 Å². The summed E-state index contributed by atoms with van der Waals surface area (Å²) in [7, 11) is 0. The van der Waals surface area contributed by atoms with Gasteiger partial charge in [-0.1, -0.05) is 35.3 Å². The molecular formula is C23H15Cl2F3N2O2. The molecule has 0 radical (unpaired) electrons. The van der Waals surface area contributed by atoms with Crippen LogP contribution in [0, 0.1) is 0 Å². The van der Waals surface area contributed by atoms with Crippen LogP contribution in [-0.4, -0.2) is 18.0 Å². The fraction of sp³-hybridized carbons (Fsp3) is 0.130. The molecule has 3 aromatic carbocycles. The van der Waals surface area contributed by atoms with Crippen molar-refractivity contribution in [2.24, 2.45) is 4.99 Å². The smallest absolute Gasteiger partial charge is 0.406 e. The molecule has 4 nitrogen and oxygen atoms in total. The number of rotatable bonds is 4. The second-order valence-corrected chi connectivity index (χ2v) is 7.90. The SMILES string of the molecule is O=C1C(=Nc2ccc(Cl)cc2)CC(c2cccc(OC(F)(F)F)c2)N1c1ccc(Cl)cc1. The maximum Gasteiger partial charge on any atom is 0.573 e. The molecule has 1 unspecified atom stereocenters. The van der Waals surface area contributed by atoms with Crippen molar-refractivity contribution in [2.45, 2.75) is 18.8 Å². The molecule has 1 amide bonds. The number of amides is 1. The lowest BCUT2D eigenvalue weighted by Gasteiger charge is -2.25. The summed E-state index contributed by atoms with van der Waals surface area (Å²) in [4.78, 5) is 19.2. The molecule has 0 spiro atoms. The van der Waals surface area contributed by atoms with Crippen LogP contribution in [0.25, 0.3) is 0 Å². The van der Waals surface area contributed by atoms with Gasteiger partial charge in [-0.05, 0) is 66.2 Å². The van der Waals surface area contributed by atoms with Crippen LogP contribution in [-0.2, 0) is 4.79 Å². The summed E-state index contributed by atoms with van der Waals surface area (Å²) < 4.78 is 42.1. The number of nitrogens with zero attached hydrogens (tertiary/aromatic N) is 2. The zero-order valence-corrected chi connectivity index (χ0v) is 17.8. The average molecular weight is 479 g/mol. The Morgan fingerprint density at radius 2 is 1.56 bits per heavy atom. The number of hydrogen-bond donors (Lipinski definition) is 0. The van der Waals surface area contributed by atoms with E-state index in [1.54, 1.807) is 54.6 Å². The Balaban J connectivity index is 1.74.